The van der Waals surface area contributed by atoms with E-state index in [0.717, 1.165) is 23.1 Å². The number of benzene rings is 1. The van der Waals surface area contributed by atoms with Crippen molar-refractivity contribution in [1.29, 1.82) is 0 Å². The maximum Gasteiger partial charge on any atom is 0.168 e. The number of ketones is 1. The van der Waals surface area contributed by atoms with Gasteiger partial charge in [-0.15, -0.1) is 0 Å². The number of Topliss-reactive ketones (excluding diaryl/α,β-unsaturated/α-hetero) is 1. The van der Waals surface area contributed by atoms with Gasteiger partial charge < -0.3 is 5.73 Å². The molecule has 3 aromatic rings. The van der Waals surface area contributed by atoms with Crippen LogP contribution in [0.1, 0.15) is 25.3 Å². The van der Waals surface area contributed by atoms with Gasteiger partial charge in [-0.1, -0.05) is 19.1 Å². The predicted octanol–water partition coefficient (Wildman–Crippen LogP) is 2.31. The van der Waals surface area contributed by atoms with Crippen molar-refractivity contribution in [3.05, 3.63) is 42.4 Å². The van der Waals surface area contributed by atoms with E-state index in [9.17, 15) is 4.79 Å². The van der Waals surface area contributed by atoms with E-state index in [0.29, 0.717) is 24.3 Å². The number of rotatable bonds is 5. The molecule has 0 aliphatic heterocycles. The minimum absolute atomic E-state index is 0.247. The number of hydrogen-bond acceptors (Lipinski definition) is 5. The molecule has 2 heterocycles. The Balaban J connectivity index is 1.97. The lowest BCUT2D eigenvalue weighted by Gasteiger charge is -2.06. The molecule has 2 N–H and O–H groups in total. The van der Waals surface area contributed by atoms with Gasteiger partial charge in [0.15, 0.2) is 5.65 Å². The SMILES string of the molecule is CCCC(=O)Cc1cccc(-n2ncc3c(N)ncnc32)c1. The first-order valence-corrected chi connectivity index (χ1v) is 7.24. The second-order valence-corrected chi connectivity index (χ2v) is 5.19. The Morgan fingerprint density at radius 1 is 1.32 bits per heavy atom. The normalized spacial score (nSPS) is 11.0. The summed E-state index contributed by atoms with van der Waals surface area (Å²) >= 11 is 0. The average molecular weight is 295 g/mol. The van der Waals surface area contributed by atoms with Crippen LogP contribution in [0.15, 0.2) is 36.8 Å². The zero-order valence-electron chi connectivity index (χ0n) is 12.4. The summed E-state index contributed by atoms with van der Waals surface area (Å²) in [4.78, 5) is 20.0. The minimum atomic E-state index is 0.247. The van der Waals surface area contributed by atoms with Gasteiger partial charge in [0.05, 0.1) is 17.3 Å². The van der Waals surface area contributed by atoms with Gasteiger partial charge in [0, 0.05) is 12.8 Å². The van der Waals surface area contributed by atoms with Crippen LogP contribution in [0.5, 0.6) is 0 Å². The maximum absolute atomic E-state index is 11.8. The number of anilines is 1. The average Bonchev–Trinajstić information content (AvgIpc) is 2.93. The number of carbonyl (C=O) groups excluding carboxylic acids is 1. The van der Waals surface area contributed by atoms with Gasteiger partial charge in [0.25, 0.3) is 0 Å². The lowest BCUT2D eigenvalue weighted by atomic mass is 10.1. The smallest absolute Gasteiger partial charge is 0.168 e. The Labute approximate surface area is 128 Å². The van der Waals surface area contributed by atoms with Crippen molar-refractivity contribution in [3.8, 4) is 5.69 Å². The van der Waals surface area contributed by atoms with E-state index in [2.05, 4.69) is 15.1 Å². The molecule has 3 rings (SSSR count). The molecule has 22 heavy (non-hydrogen) atoms. The Hall–Kier alpha value is -2.76. The highest BCUT2D eigenvalue weighted by atomic mass is 16.1. The van der Waals surface area contributed by atoms with Crippen LogP contribution >= 0.6 is 0 Å². The highest BCUT2D eigenvalue weighted by molar-refractivity contribution is 5.86. The summed E-state index contributed by atoms with van der Waals surface area (Å²) in [5, 5.41) is 5.05. The first kappa shape index (κ1) is 14.2. The van der Waals surface area contributed by atoms with Gasteiger partial charge in [0.1, 0.15) is 17.9 Å². The molecule has 0 saturated carbocycles. The molecule has 0 atom stereocenters. The molecular weight excluding hydrogens is 278 g/mol. The molecular formula is C16H17N5O. The molecule has 112 valence electrons. The first-order chi connectivity index (χ1) is 10.7. The minimum Gasteiger partial charge on any atom is -0.383 e. The first-order valence-electron chi connectivity index (χ1n) is 7.24. The molecule has 0 aliphatic rings. The van der Waals surface area contributed by atoms with Gasteiger partial charge in [-0.25, -0.2) is 14.6 Å². The highest BCUT2D eigenvalue weighted by Crippen LogP contribution is 2.20. The van der Waals surface area contributed by atoms with Crippen LogP contribution < -0.4 is 5.73 Å². The Morgan fingerprint density at radius 2 is 2.18 bits per heavy atom. The molecule has 0 fully saturated rings. The maximum atomic E-state index is 11.8. The van der Waals surface area contributed by atoms with E-state index in [1.807, 2.05) is 31.2 Å². The number of nitrogens with two attached hydrogens (primary N) is 1. The number of nitrogens with zero attached hydrogens (tertiary/aromatic N) is 4. The topological polar surface area (TPSA) is 86.7 Å². The van der Waals surface area contributed by atoms with Crippen LogP contribution in [0, 0.1) is 0 Å². The Bertz CT molecular complexity index is 824. The van der Waals surface area contributed by atoms with Gasteiger partial charge in [-0.2, -0.15) is 5.10 Å². The number of hydrogen-bond donors (Lipinski definition) is 1. The summed E-state index contributed by atoms with van der Waals surface area (Å²) in [6.45, 7) is 2.01. The third-order valence-electron chi connectivity index (χ3n) is 3.48. The van der Waals surface area contributed by atoms with Crippen molar-refractivity contribution in [2.24, 2.45) is 0 Å². The molecule has 0 radical (unpaired) electrons. The largest absolute Gasteiger partial charge is 0.383 e. The summed E-state index contributed by atoms with van der Waals surface area (Å²) in [5.74, 6) is 0.655. The van der Waals surface area contributed by atoms with Crippen LogP contribution in [0.4, 0.5) is 5.82 Å². The summed E-state index contributed by atoms with van der Waals surface area (Å²) in [6, 6.07) is 7.75. The van der Waals surface area contributed by atoms with E-state index in [4.69, 9.17) is 5.73 Å². The fourth-order valence-corrected chi connectivity index (χ4v) is 2.44. The Kier molecular flexibility index (Phi) is 3.82. The number of carbonyl (C=O) groups is 1. The van der Waals surface area contributed by atoms with E-state index in [1.165, 1.54) is 6.33 Å². The monoisotopic (exact) mass is 295 g/mol. The van der Waals surface area contributed by atoms with E-state index >= 15 is 0 Å². The van der Waals surface area contributed by atoms with Gasteiger partial charge >= 0.3 is 0 Å². The van der Waals surface area contributed by atoms with Crippen molar-refractivity contribution in [1.82, 2.24) is 19.7 Å². The molecule has 6 nitrogen and oxygen atoms in total. The second kappa shape index (κ2) is 5.93. The van der Waals surface area contributed by atoms with E-state index < -0.39 is 0 Å². The molecule has 6 heteroatoms. The van der Waals surface area contributed by atoms with Crippen LogP contribution in [0.25, 0.3) is 16.7 Å². The predicted molar refractivity (Wildman–Crippen MR) is 84.7 cm³/mol. The van der Waals surface area contributed by atoms with Crippen LogP contribution in [-0.4, -0.2) is 25.5 Å². The number of aromatic nitrogens is 4. The van der Waals surface area contributed by atoms with Gasteiger partial charge in [0.2, 0.25) is 0 Å². The molecule has 2 aromatic heterocycles. The van der Waals surface area contributed by atoms with E-state index in [1.54, 1.807) is 10.9 Å². The van der Waals surface area contributed by atoms with Crippen LogP contribution in [-0.2, 0) is 11.2 Å². The van der Waals surface area contributed by atoms with Crippen molar-refractivity contribution in [2.75, 3.05) is 5.73 Å². The fraction of sp³-hybridized carbons (Fsp3) is 0.250. The quantitative estimate of drug-likeness (QED) is 0.780. The van der Waals surface area contributed by atoms with E-state index in [-0.39, 0.29) is 5.78 Å². The summed E-state index contributed by atoms with van der Waals surface area (Å²) < 4.78 is 1.71. The lowest BCUT2D eigenvalue weighted by molar-refractivity contribution is -0.118. The third-order valence-corrected chi connectivity index (χ3v) is 3.48. The summed E-state index contributed by atoms with van der Waals surface area (Å²) in [7, 11) is 0. The van der Waals surface area contributed by atoms with Crippen molar-refractivity contribution in [3.63, 3.8) is 0 Å². The Morgan fingerprint density at radius 3 is 3.00 bits per heavy atom. The van der Waals surface area contributed by atoms with Crippen molar-refractivity contribution < 1.29 is 4.79 Å². The molecule has 0 saturated heterocycles. The van der Waals surface area contributed by atoms with Crippen molar-refractivity contribution >= 4 is 22.6 Å². The standard InChI is InChI=1S/C16H17N5O/c1-2-4-13(22)8-11-5-3-6-12(7-11)21-16-14(9-20-21)15(17)18-10-19-16/h3,5-7,9-10H,2,4,8H2,1H3,(H2,17,18,19). The molecule has 1 aromatic carbocycles. The molecule has 0 amide bonds. The van der Waals surface area contributed by atoms with Gasteiger partial charge in [-0.3, -0.25) is 4.79 Å². The van der Waals surface area contributed by atoms with Crippen LogP contribution in [0.3, 0.4) is 0 Å². The fourth-order valence-electron chi connectivity index (χ4n) is 2.44. The number of nitrogen functional groups attached to an aromatic ring is 1. The van der Waals surface area contributed by atoms with Crippen LogP contribution in [0.2, 0.25) is 0 Å². The zero-order valence-corrected chi connectivity index (χ0v) is 12.4. The molecule has 0 bridgehead atoms. The number of fused-ring (bicyclic) bond motifs is 1. The molecule has 0 aliphatic carbocycles. The summed E-state index contributed by atoms with van der Waals surface area (Å²) in [6.07, 6.45) is 5.00. The van der Waals surface area contributed by atoms with Gasteiger partial charge in [-0.05, 0) is 24.1 Å². The van der Waals surface area contributed by atoms with Crippen molar-refractivity contribution in [2.45, 2.75) is 26.2 Å². The molecule has 0 unspecified atom stereocenters. The highest BCUT2D eigenvalue weighted by Gasteiger charge is 2.10. The zero-order chi connectivity index (χ0) is 15.5. The lowest BCUT2D eigenvalue weighted by Crippen LogP contribution is -2.04. The summed E-state index contributed by atoms with van der Waals surface area (Å²) in [5.41, 5.74) is 8.31. The second-order valence-electron chi connectivity index (χ2n) is 5.19. The molecule has 0 spiro atoms. The third kappa shape index (κ3) is 2.67.